The minimum absolute atomic E-state index is 0.0392. The molecule has 2 aromatic heterocycles. The van der Waals surface area contributed by atoms with E-state index >= 15 is 0 Å². The highest BCUT2D eigenvalue weighted by Crippen LogP contribution is 2.32. The quantitative estimate of drug-likeness (QED) is 0.596. The van der Waals surface area contributed by atoms with Crippen LogP contribution in [0.25, 0.3) is 22.6 Å². The Morgan fingerprint density at radius 1 is 1.08 bits per heavy atom. The van der Waals surface area contributed by atoms with Crippen molar-refractivity contribution in [2.75, 3.05) is 0 Å². The van der Waals surface area contributed by atoms with Crippen molar-refractivity contribution in [3.8, 4) is 28.3 Å². The van der Waals surface area contributed by atoms with E-state index in [1.165, 1.54) is 30.6 Å². The molecule has 5 nitrogen and oxygen atoms in total. The number of phenolic OH excluding ortho intramolecular Hbond substituents is 1. The van der Waals surface area contributed by atoms with Crippen molar-refractivity contribution in [1.29, 1.82) is 0 Å². The number of nitrogens with zero attached hydrogens (tertiary/aromatic N) is 3. The van der Waals surface area contributed by atoms with E-state index < -0.39 is 11.6 Å². The summed E-state index contributed by atoms with van der Waals surface area (Å²) in [5, 5.41) is 13.8. The lowest BCUT2D eigenvalue weighted by Crippen LogP contribution is -2.03. The molecule has 2 aromatic carbocycles. The molecule has 0 aliphatic carbocycles. The predicted octanol–water partition coefficient (Wildman–Crippen LogP) is 4.24. The largest absolute Gasteiger partial charge is 0.507 e. The summed E-state index contributed by atoms with van der Waals surface area (Å²) in [5.41, 5.74) is 1.01. The van der Waals surface area contributed by atoms with Gasteiger partial charge in [0.25, 0.3) is 0 Å². The zero-order valence-corrected chi connectivity index (χ0v) is 13.4. The van der Waals surface area contributed by atoms with Crippen LogP contribution in [0.5, 0.6) is 5.75 Å². The number of halogens is 2. The number of hydrogen-bond acceptors (Lipinski definition) is 4. The fraction of sp³-hybridized carbons (Fsp3) is 0.0526. The second-order valence-corrected chi connectivity index (χ2v) is 5.75. The van der Waals surface area contributed by atoms with Gasteiger partial charge in [-0.15, -0.1) is 0 Å². The van der Waals surface area contributed by atoms with Crippen LogP contribution in [-0.2, 0) is 6.54 Å². The summed E-state index contributed by atoms with van der Waals surface area (Å²) >= 11 is 0. The van der Waals surface area contributed by atoms with Gasteiger partial charge in [0.2, 0.25) is 0 Å². The van der Waals surface area contributed by atoms with Crippen molar-refractivity contribution in [1.82, 2.24) is 14.7 Å². The molecule has 0 saturated heterocycles. The number of hydrogen-bond donors (Lipinski definition) is 1. The standard InChI is InChI=1S/C19H13F2N3O2/c20-15-7-12(8-16(21)14(15)10-24-6-5-22-11-24)19-9-17(23-26-19)13-3-1-2-4-18(13)25/h1-9,11,25H,10H2. The van der Waals surface area contributed by atoms with Gasteiger partial charge in [-0.05, 0) is 24.3 Å². The van der Waals surface area contributed by atoms with Crippen LogP contribution in [0.2, 0.25) is 0 Å². The van der Waals surface area contributed by atoms with Gasteiger partial charge in [-0.1, -0.05) is 17.3 Å². The minimum atomic E-state index is -0.686. The molecular weight excluding hydrogens is 340 g/mol. The van der Waals surface area contributed by atoms with E-state index in [1.54, 1.807) is 35.2 Å². The van der Waals surface area contributed by atoms with Crippen molar-refractivity contribution < 1.29 is 18.4 Å². The second kappa shape index (κ2) is 6.44. The molecule has 0 saturated carbocycles. The predicted molar refractivity (Wildman–Crippen MR) is 90.3 cm³/mol. The lowest BCUT2D eigenvalue weighted by molar-refractivity contribution is 0.432. The van der Waals surface area contributed by atoms with Crippen molar-refractivity contribution >= 4 is 0 Å². The Morgan fingerprint density at radius 2 is 1.85 bits per heavy atom. The first-order valence-corrected chi connectivity index (χ1v) is 7.81. The molecule has 0 aliphatic rings. The van der Waals surface area contributed by atoms with E-state index in [4.69, 9.17) is 4.52 Å². The van der Waals surface area contributed by atoms with Gasteiger partial charge >= 0.3 is 0 Å². The molecule has 2 heterocycles. The molecule has 0 fully saturated rings. The molecular formula is C19H13F2N3O2. The van der Waals surface area contributed by atoms with Crippen LogP contribution in [-0.4, -0.2) is 19.8 Å². The van der Waals surface area contributed by atoms with Gasteiger partial charge in [0.1, 0.15) is 23.1 Å². The molecule has 4 rings (SSSR count). The van der Waals surface area contributed by atoms with E-state index in [1.807, 2.05) is 0 Å². The van der Waals surface area contributed by atoms with Crippen LogP contribution in [0.4, 0.5) is 8.78 Å². The van der Waals surface area contributed by atoms with Gasteiger partial charge in [-0.3, -0.25) is 0 Å². The molecule has 7 heteroatoms. The summed E-state index contributed by atoms with van der Waals surface area (Å²) in [5.74, 6) is -1.13. The zero-order chi connectivity index (χ0) is 18.1. The van der Waals surface area contributed by atoms with Gasteiger partial charge < -0.3 is 14.2 Å². The maximum absolute atomic E-state index is 14.4. The number of phenols is 1. The number of rotatable bonds is 4. The van der Waals surface area contributed by atoms with Crippen LogP contribution in [0.3, 0.4) is 0 Å². The monoisotopic (exact) mass is 353 g/mol. The summed E-state index contributed by atoms with van der Waals surface area (Å²) in [6, 6.07) is 10.5. The zero-order valence-electron chi connectivity index (χ0n) is 13.4. The minimum Gasteiger partial charge on any atom is -0.507 e. The Kier molecular flexibility index (Phi) is 3.96. The molecule has 0 bridgehead atoms. The second-order valence-electron chi connectivity index (χ2n) is 5.75. The SMILES string of the molecule is Oc1ccccc1-c1cc(-c2cc(F)c(Cn3ccnc3)c(F)c2)on1. The molecule has 1 N–H and O–H groups in total. The molecule has 4 aromatic rings. The molecule has 26 heavy (non-hydrogen) atoms. The van der Waals surface area contributed by atoms with Crippen molar-refractivity contribution in [3.63, 3.8) is 0 Å². The Bertz CT molecular complexity index is 1040. The smallest absolute Gasteiger partial charge is 0.167 e. The number of aromatic nitrogens is 3. The highest BCUT2D eigenvalue weighted by atomic mass is 19.1. The van der Waals surface area contributed by atoms with E-state index in [-0.39, 0.29) is 29.2 Å². The average molecular weight is 353 g/mol. The molecule has 0 amide bonds. The van der Waals surface area contributed by atoms with E-state index in [0.717, 1.165) is 0 Å². The fourth-order valence-corrected chi connectivity index (χ4v) is 2.69. The fourth-order valence-electron chi connectivity index (χ4n) is 2.69. The molecule has 0 aliphatic heterocycles. The Hall–Kier alpha value is -3.48. The molecule has 0 unspecified atom stereocenters. The van der Waals surface area contributed by atoms with E-state index in [9.17, 15) is 13.9 Å². The van der Waals surface area contributed by atoms with Crippen LogP contribution >= 0.6 is 0 Å². The van der Waals surface area contributed by atoms with Gasteiger partial charge in [0, 0.05) is 35.2 Å². The lowest BCUT2D eigenvalue weighted by Gasteiger charge is -2.07. The Balaban J connectivity index is 1.68. The van der Waals surface area contributed by atoms with Crippen molar-refractivity contribution in [2.45, 2.75) is 6.54 Å². The molecule has 0 radical (unpaired) electrons. The third-order valence-electron chi connectivity index (χ3n) is 4.02. The number of imidazole rings is 1. The van der Waals surface area contributed by atoms with E-state index in [0.29, 0.717) is 11.3 Å². The van der Waals surface area contributed by atoms with E-state index in [2.05, 4.69) is 10.1 Å². The first-order valence-electron chi connectivity index (χ1n) is 7.81. The lowest BCUT2D eigenvalue weighted by atomic mass is 10.1. The maximum atomic E-state index is 14.4. The van der Waals surface area contributed by atoms with Gasteiger partial charge in [0.15, 0.2) is 5.76 Å². The topological polar surface area (TPSA) is 64.1 Å². The number of para-hydroxylation sites is 1. The summed E-state index contributed by atoms with van der Waals surface area (Å²) in [4.78, 5) is 3.86. The Morgan fingerprint density at radius 3 is 2.54 bits per heavy atom. The molecule has 0 spiro atoms. The number of aromatic hydroxyl groups is 1. The molecule has 0 atom stereocenters. The summed E-state index contributed by atoms with van der Waals surface area (Å²) in [7, 11) is 0. The average Bonchev–Trinajstić information content (AvgIpc) is 3.30. The maximum Gasteiger partial charge on any atom is 0.167 e. The van der Waals surface area contributed by atoms with Crippen molar-refractivity contribution in [3.05, 3.63) is 78.4 Å². The first-order chi connectivity index (χ1) is 12.6. The van der Waals surface area contributed by atoms with Gasteiger partial charge in [-0.25, -0.2) is 13.8 Å². The third kappa shape index (κ3) is 2.95. The van der Waals surface area contributed by atoms with Crippen LogP contribution in [0.1, 0.15) is 5.56 Å². The highest BCUT2D eigenvalue weighted by molar-refractivity contribution is 5.71. The molecule has 130 valence electrons. The van der Waals surface area contributed by atoms with Crippen LogP contribution < -0.4 is 0 Å². The third-order valence-corrected chi connectivity index (χ3v) is 4.02. The summed E-state index contributed by atoms with van der Waals surface area (Å²) in [6.45, 7) is 0.0392. The van der Waals surface area contributed by atoms with Gasteiger partial charge in [0.05, 0.1) is 12.9 Å². The van der Waals surface area contributed by atoms with Gasteiger partial charge in [-0.2, -0.15) is 0 Å². The highest BCUT2D eigenvalue weighted by Gasteiger charge is 2.16. The van der Waals surface area contributed by atoms with Crippen molar-refractivity contribution in [2.24, 2.45) is 0 Å². The van der Waals surface area contributed by atoms with Crippen LogP contribution in [0.15, 0.2) is 65.7 Å². The summed E-state index contributed by atoms with van der Waals surface area (Å²) in [6.07, 6.45) is 4.66. The Labute approximate surface area is 147 Å². The normalized spacial score (nSPS) is 11.0. The number of benzene rings is 2. The van der Waals surface area contributed by atoms with Crippen LogP contribution in [0, 0.1) is 11.6 Å². The first kappa shape index (κ1) is 16.0. The summed E-state index contributed by atoms with van der Waals surface area (Å²) < 4.78 is 35.6.